The van der Waals surface area contributed by atoms with E-state index in [9.17, 15) is 8.78 Å². The number of phenols is 1. The lowest BCUT2D eigenvalue weighted by Crippen LogP contribution is -2.00. The number of halogens is 2. The predicted octanol–water partition coefficient (Wildman–Crippen LogP) is 3.51. The number of hydrogen-bond donors (Lipinski definition) is 2. The van der Waals surface area contributed by atoms with Crippen molar-refractivity contribution in [2.75, 3.05) is 5.43 Å². The average Bonchev–Trinajstić information content (AvgIpc) is 2.38. The Morgan fingerprint density at radius 2 is 1.79 bits per heavy atom. The Bertz CT molecular complexity index is 609. The number of nitrogens with one attached hydrogen (secondary N) is 1. The highest BCUT2D eigenvalue weighted by molar-refractivity contribution is 5.99. The first-order valence-corrected chi connectivity index (χ1v) is 5.61. The van der Waals surface area contributed by atoms with Gasteiger partial charge in [-0.25, -0.2) is 8.78 Å². The molecule has 2 aromatic carbocycles. The molecule has 0 fully saturated rings. The van der Waals surface area contributed by atoms with Crippen LogP contribution < -0.4 is 5.43 Å². The first kappa shape index (κ1) is 13.0. The van der Waals surface area contributed by atoms with Crippen LogP contribution >= 0.6 is 0 Å². The molecular formula is C14H12F2N2O. The molecule has 0 saturated heterocycles. The third-order valence-corrected chi connectivity index (χ3v) is 2.56. The number of anilines is 1. The average molecular weight is 262 g/mol. The molecule has 0 radical (unpaired) electrons. The smallest absolute Gasteiger partial charge is 0.151 e. The van der Waals surface area contributed by atoms with Crippen molar-refractivity contribution in [1.82, 2.24) is 0 Å². The van der Waals surface area contributed by atoms with Crippen LogP contribution in [0, 0.1) is 11.6 Å². The van der Waals surface area contributed by atoms with E-state index in [1.165, 1.54) is 18.2 Å². The van der Waals surface area contributed by atoms with Crippen molar-refractivity contribution in [2.24, 2.45) is 5.10 Å². The fraction of sp³-hybridized carbons (Fsp3) is 0.0714. The van der Waals surface area contributed by atoms with Crippen LogP contribution in [0.3, 0.4) is 0 Å². The van der Waals surface area contributed by atoms with E-state index in [1.54, 1.807) is 19.1 Å². The zero-order valence-corrected chi connectivity index (χ0v) is 10.2. The molecule has 0 aliphatic carbocycles. The second-order valence-corrected chi connectivity index (χ2v) is 3.98. The molecule has 0 aliphatic heterocycles. The molecule has 3 nitrogen and oxygen atoms in total. The summed E-state index contributed by atoms with van der Waals surface area (Å²) in [4.78, 5) is 0. The molecule has 0 heterocycles. The van der Waals surface area contributed by atoms with Crippen molar-refractivity contribution in [3.05, 3.63) is 59.7 Å². The van der Waals surface area contributed by atoms with E-state index in [1.807, 2.05) is 0 Å². The molecule has 0 saturated carbocycles. The van der Waals surface area contributed by atoms with Crippen LogP contribution in [0.1, 0.15) is 12.5 Å². The molecule has 0 unspecified atom stereocenters. The van der Waals surface area contributed by atoms with Gasteiger partial charge in [-0.3, -0.25) is 5.43 Å². The monoisotopic (exact) mass is 262 g/mol. The lowest BCUT2D eigenvalue weighted by atomic mass is 10.1. The molecule has 98 valence electrons. The van der Waals surface area contributed by atoms with Crippen LogP contribution in [0.2, 0.25) is 0 Å². The predicted molar refractivity (Wildman–Crippen MR) is 70.3 cm³/mol. The third-order valence-electron chi connectivity index (χ3n) is 2.56. The van der Waals surface area contributed by atoms with Crippen molar-refractivity contribution >= 4 is 11.4 Å². The van der Waals surface area contributed by atoms with Gasteiger partial charge in [0.15, 0.2) is 5.82 Å². The van der Waals surface area contributed by atoms with Gasteiger partial charge < -0.3 is 5.11 Å². The Hall–Kier alpha value is -2.43. The van der Waals surface area contributed by atoms with Crippen molar-refractivity contribution in [3.63, 3.8) is 0 Å². The van der Waals surface area contributed by atoms with Crippen molar-refractivity contribution in [1.29, 1.82) is 0 Å². The van der Waals surface area contributed by atoms with Crippen LogP contribution in [-0.4, -0.2) is 10.8 Å². The molecule has 2 N–H and O–H groups in total. The van der Waals surface area contributed by atoms with Gasteiger partial charge in [0.2, 0.25) is 0 Å². The number of hydrazone groups is 1. The Kier molecular flexibility index (Phi) is 3.75. The molecule has 0 bridgehead atoms. The summed E-state index contributed by atoms with van der Waals surface area (Å²) in [5.74, 6) is -1.18. The first-order valence-electron chi connectivity index (χ1n) is 5.61. The quantitative estimate of drug-likeness (QED) is 0.656. The van der Waals surface area contributed by atoms with Crippen molar-refractivity contribution < 1.29 is 13.9 Å². The molecule has 0 atom stereocenters. The minimum absolute atomic E-state index is 0.0968. The van der Waals surface area contributed by atoms with Gasteiger partial charge in [-0.05, 0) is 48.9 Å². The number of hydrogen-bond acceptors (Lipinski definition) is 3. The Morgan fingerprint density at radius 3 is 2.42 bits per heavy atom. The van der Waals surface area contributed by atoms with E-state index in [2.05, 4.69) is 10.5 Å². The molecule has 2 rings (SSSR count). The van der Waals surface area contributed by atoms with E-state index in [-0.39, 0.29) is 11.4 Å². The molecule has 0 aromatic heterocycles. The summed E-state index contributed by atoms with van der Waals surface area (Å²) in [6.07, 6.45) is 0. The molecule has 0 aliphatic rings. The summed E-state index contributed by atoms with van der Waals surface area (Å²) in [6, 6.07) is 9.66. The summed E-state index contributed by atoms with van der Waals surface area (Å²) in [6.45, 7) is 1.74. The number of nitrogens with zero attached hydrogens (tertiary/aromatic N) is 1. The van der Waals surface area contributed by atoms with E-state index < -0.39 is 11.6 Å². The van der Waals surface area contributed by atoms with Gasteiger partial charge in [0.1, 0.15) is 11.6 Å². The van der Waals surface area contributed by atoms with Crippen LogP contribution in [0.25, 0.3) is 0 Å². The summed E-state index contributed by atoms with van der Waals surface area (Å²) in [5.41, 5.74) is 4.03. The molecule has 5 heteroatoms. The Labute approximate surface area is 109 Å². The summed E-state index contributed by atoms with van der Waals surface area (Å²) in [5, 5.41) is 13.2. The van der Waals surface area contributed by atoms with Crippen molar-refractivity contribution in [2.45, 2.75) is 6.92 Å². The SMILES string of the molecule is C/C(=N\Nc1ccc(F)cc1F)c1ccc(O)cc1. The lowest BCUT2D eigenvalue weighted by molar-refractivity contribution is 0.475. The van der Waals surface area contributed by atoms with Gasteiger partial charge in [0.25, 0.3) is 0 Å². The topological polar surface area (TPSA) is 44.6 Å². The fourth-order valence-electron chi connectivity index (χ4n) is 1.49. The van der Waals surface area contributed by atoms with E-state index in [0.29, 0.717) is 5.71 Å². The molecule has 0 spiro atoms. The molecule has 2 aromatic rings. The van der Waals surface area contributed by atoms with Gasteiger partial charge in [0, 0.05) is 6.07 Å². The maximum Gasteiger partial charge on any atom is 0.151 e. The summed E-state index contributed by atoms with van der Waals surface area (Å²) >= 11 is 0. The van der Waals surface area contributed by atoms with Gasteiger partial charge in [-0.2, -0.15) is 5.10 Å². The van der Waals surface area contributed by atoms with Crippen LogP contribution in [0.15, 0.2) is 47.6 Å². The van der Waals surface area contributed by atoms with Crippen LogP contribution in [0.4, 0.5) is 14.5 Å². The standard InChI is InChI=1S/C14H12F2N2O/c1-9(10-2-5-12(19)6-3-10)17-18-14-7-4-11(15)8-13(14)16/h2-8,18-19H,1H3/b17-9+. The first-order chi connectivity index (χ1) is 9.06. The van der Waals surface area contributed by atoms with Gasteiger partial charge in [-0.15, -0.1) is 0 Å². The van der Waals surface area contributed by atoms with E-state index in [4.69, 9.17) is 5.11 Å². The molecular weight excluding hydrogens is 250 g/mol. The summed E-state index contributed by atoms with van der Waals surface area (Å²) < 4.78 is 26.1. The van der Waals surface area contributed by atoms with E-state index >= 15 is 0 Å². The number of aromatic hydroxyl groups is 1. The molecule has 0 amide bonds. The number of rotatable bonds is 3. The highest BCUT2D eigenvalue weighted by Crippen LogP contribution is 2.15. The fourth-order valence-corrected chi connectivity index (χ4v) is 1.49. The van der Waals surface area contributed by atoms with Crippen LogP contribution in [0.5, 0.6) is 5.75 Å². The van der Waals surface area contributed by atoms with Gasteiger partial charge in [-0.1, -0.05) is 0 Å². The minimum atomic E-state index is -0.706. The highest BCUT2D eigenvalue weighted by atomic mass is 19.1. The zero-order valence-electron chi connectivity index (χ0n) is 10.2. The second kappa shape index (κ2) is 5.48. The van der Waals surface area contributed by atoms with Crippen molar-refractivity contribution in [3.8, 4) is 5.75 Å². The Morgan fingerprint density at radius 1 is 1.11 bits per heavy atom. The Balaban J connectivity index is 2.15. The maximum absolute atomic E-state index is 13.4. The van der Waals surface area contributed by atoms with Crippen LogP contribution in [-0.2, 0) is 0 Å². The lowest BCUT2D eigenvalue weighted by Gasteiger charge is -2.05. The molecule has 19 heavy (non-hydrogen) atoms. The minimum Gasteiger partial charge on any atom is -0.508 e. The number of benzene rings is 2. The number of phenolic OH excluding ortho intramolecular Hbond substituents is 1. The van der Waals surface area contributed by atoms with Gasteiger partial charge >= 0.3 is 0 Å². The maximum atomic E-state index is 13.4. The normalized spacial score (nSPS) is 11.4. The highest BCUT2D eigenvalue weighted by Gasteiger charge is 2.03. The largest absolute Gasteiger partial charge is 0.508 e. The van der Waals surface area contributed by atoms with E-state index in [0.717, 1.165) is 17.7 Å². The third kappa shape index (κ3) is 3.28. The van der Waals surface area contributed by atoms with Gasteiger partial charge in [0.05, 0.1) is 11.4 Å². The zero-order chi connectivity index (χ0) is 13.8. The summed E-state index contributed by atoms with van der Waals surface area (Å²) in [7, 11) is 0. The second-order valence-electron chi connectivity index (χ2n) is 3.98.